The summed E-state index contributed by atoms with van der Waals surface area (Å²) in [5.74, 6) is 1.97. The van der Waals surface area contributed by atoms with Crippen LogP contribution in [0.25, 0.3) is 10.9 Å². The van der Waals surface area contributed by atoms with Crippen molar-refractivity contribution in [1.82, 2.24) is 15.3 Å². The lowest BCUT2D eigenvalue weighted by molar-refractivity contribution is -0.274. The van der Waals surface area contributed by atoms with Gasteiger partial charge in [0.1, 0.15) is 11.6 Å². The lowest BCUT2D eigenvalue weighted by atomic mass is 9.84. The highest BCUT2D eigenvalue weighted by atomic mass is 79.9. The molecule has 3 aromatic rings. The van der Waals surface area contributed by atoms with Gasteiger partial charge in [-0.15, -0.1) is 13.2 Å². The normalized spacial score (nSPS) is 18.3. The van der Waals surface area contributed by atoms with Crippen LogP contribution in [0.4, 0.5) is 24.9 Å². The number of halogens is 4. The van der Waals surface area contributed by atoms with Crippen LogP contribution in [0, 0.1) is 5.92 Å². The van der Waals surface area contributed by atoms with Crippen molar-refractivity contribution in [1.29, 1.82) is 0 Å². The van der Waals surface area contributed by atoms with Gasteiger partial charge >= 0.3 is 6.36 Å². The van der Waals surface area contributed by atoms with Gasteiger partial charge in [0, 0.05) is 42.1 Å². The number of benzene rings is 2. The number of aromatic nitrogens is 2. The second-order valence-electron chi connectivity index (χ2n) is 9.41. The van der Waals surface area contributed by atoms with Gasteiger partial charge in [-0.1, -0.05) is 34.1 Å². The fraction of sp³-hybridized carbons (Fsp3) is 0.462. The van der Waals surface area contributed by atoms with E-state index in [1.807, 2.05) is 43.3 Å². The number of ether oxygens (including phenoxy) is 1. The van der Waals surface area contributed by atoms with E-state index < -0.39 is 6.36 Å². The van der Waals surface area contributed by atoms with Gasteiger partial charge < -0.3 is 20.3 Å². The van der Waals surface area contributed by atoms with Crippen LogP contribution in [0.15, 0.2) is 46.9 Å². The van der Waals surface area contributed by atoms with Crippen LogP contribution in [-0.4, -0.2) is 43.0 Å². The summed E-state index contributed by atoms with van der Waals surface area (Å²) in [6.45, 7) is 1.06. The zero-order valence-electron chi connectivity index (χ0n) is 20.4. The van der Waals surface area contributed by atoms with Gasteiger partial charge in [-0.25, -0.2) is 4.98 Å². The summed E-state index contributed by atoms with van der Waals surface area (Å²) in [6.07, 6.45) is 0.523. The molecule has 0 radical (unpaired) electrons. The summed E-state index contributed by atoms with van der Waals surface area (Å²) in [7, 11) is 3.97. The Morgan fingerprint density at radius 3 is 2.53 bits per heavy atom. The molecule has 0 saturated heterocycles. The highest BCUT2D eigenvalue weighted by Crippen LogP contribution is 2.31. The molecular formula is C26H31BrF3N5O. The number of nitrogens with zero attached hydrogens (tertiary/aromatic N) is 3. The predicted octanol–water partition coefficient (Wildman–Crippen LogP) is 6.51. The van der Waals surface area contributed by atoms with Gasteiger partial charge in [-0.3, -0.25) is 0 Å². The molecule has 1 heterocycles. The molecule has 1 aliphatic rings. The minimum absolute atomic E-state index is 0.177. The molecule has 36 heavy (non-hydrogen) atoms. The van der Waals surface area contributed by atoms with Crippen molar-refractivity contribution in [2.45, 2.75) is 51.1 Å². The zero-order chi connectivity index (χ0) is 25.7. The summed E-state index contributed by atoms with van der Waals surface area (Å²) >= 11 is 3.20. The molecule has 0 amide bonds. The standard InChI is InChI=1S/C26H31BrF3N5O/c1-35(2)24-21-5-3-4-6-22(21)33-25(34-24)32-20-11-7-17(8-12-20)13-14-31-16-18-9-10-19(27)15-23(18)36-26(28,29)30/h3-6,9-10,15,17,20,31H,7-8,11-14,16H2,1-2H3,(H,32,33,34)/t17-,20+. The first-order chi connectivity index (χ1) is 17.2. The van der Waals surface area contributed by atoms with Crippen molar-refractivity contribution in [3.63, 3.8) is 0 Å². The molecule has 1 fully saturated rings. The topological polar surface area (TPSA) is 62.3 Å². The van der Waals surface area contributed by atoms with Crippen molar-refractivity contribution in [3.05, 3.63) is 52.5 Å². The van der Waals surface area contributed by atoms with E-state index in [2.05, 4.69) is 31.3 Å². The first-order valence-corrected chi connectivity index (χ1v) is 12.9. The van der Waals surface area contributed by atoms with Crippen molar-refractivity contribution in [2.24, 2.45) is 5.92 Å². The quantitative estimate of drug-likeness (QED) is 0.288. The number of para-hydroxylation sites is 1. The monoisotopic (exact) mass is 565 g/mol. The first-order valence-electron chi connectivity index (χ1n) is 12.1. The average Bonchev–Trinajstić information content (AvgIpc) is 2.82. The average molecular weight is 566 g/mol. The van der Waals surface area contributed by atoms with Gasteiger partial charge in [0.2, 0.25) is 5.95 Å². The fourth-order valence-electron chi connectivity index (χ4n) is 4.67. The zero-order valence-corrected chi connectivity index (χ0v) is 22.0. The number of alkyl halides is 3. The molecule has 2 aromatic carbocycles. The van der Waals surface area contributed by atoms with Crippen LogP contribution in [0.1, 0.15) is 37.7 Å². The van der Waals surface area contributed by atoms with E-state index in [1.165, 1.54) is 6.07 Å². The Morgan fingerprint density at radius 1 is 1.06 bits per heavy atom. The molecule has 6 nitrogen and oxygen atoms in total. The van der Waals surface area contributed by atoms with E-state index in [0.717, 1.165) is 55.4 Å². The third kappa shape index (κ3) is 7.22. The maximum Gasteiger partial charge on any atom is 0.573 e. The second-order valence-corrected chi connectivity index (χ2v) is 10.3. The van der Waals surface area contributed by atoms with E-state index in [1.54, 1.807) is 12.1 Å². The van der Waals surface area contributed by atoms with E-state index in [9.17, 15) is 13.2 Å². The molecule has 0 bridgehead atoms. The van der Waals surface area contributed by atoms with E-state index in [0.29, 0.717) is 34.5 Å². The van der Waals surface area contributed by atoms with Gasteiger partial charge in [0.05, 0.1) is 5.52 Å². The Morgan fingerprint density at radius 2 is 1.81 bits per heavy atom. The Labute approximate surface area is 217 Å². The van der Waals surface area contributed by atoms with E-state index in [-0.39, 0.29) is 5.75 Å². The summed E-state index contributed by atoms with van der Waals surface area (Å²) in [6, 6.07) is 13.1. The Bertz CT molecular complexity index is 1170. The molecule has 10 heteroatoms. The maximum atomic E-state index is 12.7. The SMILES string of the molecule is CN(C)c1nc(N[C@H]2CC[C@@H](CCNCc3ccc(Br)cc3OC(F)(F)F)CC2)nc2ccccc12. The van der Waals surface area contributed by atoms with Crippen LogP contribution in [0.3, 0.4) is 0 Å². The lowest BCUT2D eigenvalue weighted by Crippen LogP contribution is -2.29. The molecule has 1 aliphatic carbocycles. The van der Waals surface area contributed by atoms with Crippen LogP contribution < -0.4 is 20.3 Å². The molecule has 1 saturated carbocycles. The number of hydrogen-bond donors (Lipinski definition) is 2. The van der Waals surface area contributed by atoms with Crippen LogP contribution in [0.2, 0.25) is 0 Å². The number of fused-ring (bicyclic) bond motifs is 1. The third-order valence-electron chi connectivity index (χ3n) is 6.49. The minimum Gasteiger partial charge on any atom is -0.405 e. The number of hydrogen-bond acceptors (Lipinski definition) is 6. The molecule has 194 valence electrons. The van der Waals surface area contributed by atoms with Crippen molar-refractivity contribution >= 4 is 38.6 Å². The Kier molecular flexibility index (Phi) is 8.56. The van der Waals surface area contributed by atoms with Gasteiger partial charge in [-0.05, 0) is 68.8 Å². The summed E-state index contributed by atoms with van der Waals surface area (Å²) in [5.41, 5.74) is 1.41. The van der Waals surface area contributed by atoms with Crippen molar-refractivity contribution in [2.75, 3.05) is 30.9 Å². The molecule has 0 unspecified atom stereocenters. The highest BCUT2D eigenvalue weighted by Gasteiger charge is 2.32. The van der Waals surface area contributed by atoms with Crippen molar-refractivity contribution < 1.29 is 17.9 Å². The largest absolute Gasteiger partial charge is 0.573 e. The smallest absolute Gasteiger partial charge is 0.405 e. The summed E-state index contributed by atoms with van der Waals surface area (Å²) < 4.78 is 42.8. The van der Waals surface area contributed by atoms with Gasteiger partial charge in [0.15, 0.2) is 0 Å². The number of anilines is 2. The third-order valence-corrected chi connectivity index (χ3v) is 6.98. The Balaban J connectivity index is 1.24. The van der Waals surface area contributed by atoms with Crippen molar-refractivity contribution in [3.8, 4) is 5.75 Å². The molecule has 0 spiro atoms. The molecular weight excluding hydrogens is 535 g/mol. The van der Waals surface area contributed by atoms with Crippen LogP contribution in [-0.2, 0) is 6.54 Å². The Hall–Kier alpha value is -2.59. The predicted molar refractivity (Wildman–Crippen MR) is 140 cm³/mol. The lowest BCUT2D eigenvalue weighted by Gasteiger charge is -2.29. The van der Waals surface area contributed by atoms with Crippen LogP contribution >= 0.6 is 15.9 Å². The molecule has 1 aromatic heterocycles. The fourth-order valence-corrected chi connectivity index (χ4v) is 5.01. The molecule has 0 aliphatic heterocycles. The highest BCUT2D eigenvalue weighted by molar-refractivity contribution is 9.10. The minimum atomic E-state index is -4.71. The first kappa shape index (κ1) is 26.5. The van der Waals surface area contributed by atoms with E-state index in [4.69, 9.17) is 9.97 Å². The maximum absolute atomic E-state index is 12.7. The molecule has 0 atom stereocenters. The summed E-state index contributed by atoms with van der Waals surface area (Å²) in [4.78, 5) is 11.5. The molecule has 4 rings (SSSR count). The van der Waals surface area contributed by atoms with E-state index >= 15 is 0 Å². The molecule has 2 N–H and O–H groups in total. The summed E-state index contributed by atoms with van der Waals surface area (Å²) in [5, 5.41) is 7.84. The number of rotatable bonds is 9. The van der Waals surface area contributed by atoms with Gasteiger partial charge in [0.25, 0.3) is 0 Å². The second kappa shape index (κ2) is 11.6. The van der Waals surface area contributed by atoms with Gasteiger partial charge in [-0.2, -0.15) is 4.98 Å². The number of nitrogens with one attached hydrogen (secondary N) is 2. The van der Waals surface area contributed by atoms with Crippen LogP contribution in [0.5, 0.6) is 5.75 Å².